The van der Waals surface area contributed by atoms with Crippen molar-refractivity contribution in [1.29, 1.82) is 0 Å². The summed E-state index contributed by atoms with van der Waals surface area (Å²) in [6.45, 7) is 8.06. The SMILES string of the molecule is C=CCN1CCN(c2c(N)cccc2F)CC1. The third-order valence-corrected chi connectivity index (χ3v) is 3.09. The maximum Gasteiger partial charge on any atom is 0.148 e. The minimum atomic E-state index is -0.234. The average Bonchev–Trinajstić information content (AvgIpc) is 2.31. The molecule has 0 radical (unpaired) electrons. The Labute approximate surface area is 101 Å². The Hall–Kier alpha value is -1.55. The molecule has 0 atom stereocenters. The van der Waals surface area contributed by atoms with Crippen LogP contribution >= 0.6 is 0 Å². The summed E-state index contributed by atoms with van der Waals surface area (Å²) in [5.74, 6) is -0.234. The van der Waals surface area contributed by atoms with E-state index in [1.807, 2.05) is 11.0 Å². The first-order valence-electron chi connectivity index (χ1n) is 5.84. The van der Waals surface area contributed by atoms with Crippen molar-refractivity contribution in [2.24, 2.45) is 0 Å². The van der Waals surface area contributed by atoms with Gasteiger partial charge in [-0.15, -0.1) is 6.58 Å². The molecule has 17 heavy (non-hydrogen) atoms. The van der Waals surface area contributed by atoms with Gasteiger partial charge in [-0.25, -0.2) is 4.39 Å². The van der Waals surface area contributed by atoms with Gasteiger partial charge in [0.15, 0.2) is 0 Å². The zero-order valence-electron chi connectivity index (χ0n) is 9.90. The van der Waals surface area contributed by atoms with Gasteiger partial charge in [-0.2, -0.15) is 0 Å². The van der Waals surface area contributed by atoms with Crippen LogP contribution in [0.1, 0.15) is 0 Å². The smallest absolute Gasteiger partial charge is 0.148 e. The van der Waals surface area contributed by atoms with E-state index in [-0.39, 0.29) is 5.82 Å². The van der Waals surface area contributed by atoms with Crippen molar-refractivity contribution in [3.63, 3.8) is 0 Å². The van der Waals surface area contributed by atoms with E-state index < -0.39 is 0 Å². The fourth-order valence-electron chi connectivity index (χ4n) is 2.20. The molecule has 1 saturated heterocycles. The number of benzene rings is 1. The van der Waals surface area contributed by atoms with E-state index >= 15 is 0 Å². The number of para-hydroxylation sites is 1. The molecule has 0 amide bonds. The van der Waals surface area contributed by atoms with Crippen LogP contribution in [0.2, 0.25) is 0 Å². The summed E-state index contributed by atoms with van der Waals surface area (Å²) in [6, 6.07) is 4.85. The maximum atomic E-state index is 13.7. The number of hydrogen-bond donors (Lipinski definition) is 1. The van der Waals surface area contributed by atoms with Crippen LogP contribution in [0.5, 0.6) is 0 Å². The van der Waals surface area contributed by atoms with E-state index in [0.717, 1.165) is 32.7 Å². The molecule has 0 saturated carbocycles. The molecule has 1 fully saturated rings. The standard InChI is InChI=1S/C13H18FN3/c1-2-6-16-7-9-17(10-8-16)13-11(14)4-3-5-12(13)15/h2-5H,1,6-10,15H2. The molecule has 0 unspecified atom stereocenters. The Morgan fingerprint density at radius 1 is 1.29 bits per heavy atom. The summed E-state index contributed by atoms with van der Waals surface area (Å²) in [5.41, 5.74) is 6.90. The second-order valence-corrected chi connectivity index (χ2v) is 4.25. The molecule has 1 aliphatic heterocycles. The summed E-state index contributed by atoms with van der Waals surface area (Å²) in [6.07, 6.45) is 1.90. The first-order valence-corrected chi connectivity index (χ1v) is 5.84. The van der Waals surface area contributed by atoms with Crippen LogP contribution in [0.25, 0.3) is 0 Å². The van der Waals surface area contributed by atoms with Crippen molar-refractivity contribution < 1.29 is 4.39 Å². The molecule has 4 heteroatoms. The molecule has 2 N–H and O–H groups in total. The highest BCUT2D eigenvalue weighted by Gasteiger charge is 2.20. The van der Waals surface area contributed by atoms with E-state index in [9.17, 15) is 4.39 Å². The molecule has 0 aliphatic carbocycles. The topological polar surface area (TPSA) is 32.5 Å². The van der Waals surface area contributed by atoms with Crippen molar-refractivity contribution in [3.05, 3.63) is 36.7 Å². The first-order chi connectivity index (χ1) is 8.22. The fraction of sp³-hybridized carbons (Fsp3) is 0.385. The van der Waals surface area contributed by atoms with Gasteiger partial charge in [-0.3, -0.25) is 4.90 Å². The van der Waals surface area contributed by atoms with Gasteiger partial charge in [0.25, 0.3) is 0 Å². The van der Waals surface area contributed by atoms with Crippen molar-refractivity contribution in [1.82, 2.24) is 4.90 Å². The molecule has 0 bridgehead atoms. The molecule has 3 nitrogen and oxygen atoms in total. The normalized spacial score (nSPS) is 17.1. The molecule has 92 valence electrons. The van der Waals surface area contributed by atoms with E-state index in [2.05, 4.69) is 11.5 Å². The van der Waals surface area contributed by atoms with Gasteiger partial charge in [0.1, 0.15) is 5.82 Å². The number of piperazine rings is 1. The van der Waals surface area contributed by atoms with E-state index in [1.54, 1.807) is 12.1 Å². The van der Waals surface area contributed by atoms with Crippen molar-refractivity contribution in [3.8, 4) is 0 Å². The fourth-order valence-corrected chi connectivity index (χ4v) is 2.20. The lowest BCUT2D eigenvalue weighted by molar-refractivity contribution is 0.283. The van der Waals surface area contributed by atoms with Crippen LogP contribution in [0.15, 0.2) is 30.9 Å². The summed E-state index contributed by atoms with van der Waals surface area (Å²) in [5, 5.41) is 0. The highest BCUT2D eigenvalue weighted by atomic mass is 19.1. The lowest BCUT2D eigenvalue weighted by Crippen LogP contribution is -2.46. The van der Waals surface area contributed by atoms with Gasteiger partial charge in [-0.05, 0) is 12.1 Å². The monoisotopic (exact) mass is 235 g/mol. The second kappa shape index (κ2) is 5.19. The van der Waals surface area contributed by atoms with Crippen LogP contribution in [-0.2, 0) is 0 Å². The Bertz CT molecular complexity index is 377. The number of hydrogen-bond acceptors (Lipinski definition) is 3. The predicted molar refractivity (Wildman–Crippen MR) is 69.7 cm³/mol. The third kappa shape index (κ3) is 2.58. The number of nitrogens with zero attached hydrogens (tertiary/aromatic N) is 2. The maximum absolute atomic E-state index is 13.7. The van der Waals surface area contributed by atoms with Crippen LogP contribution in [-0.4, -0.2) is 37.6 Å². The summed E-state index contributed by atoms with van der Waals surface area (Å²) in [4.78, 5) is 4.31. The van der Waals surface area contributed by atoms with E-state index in [4.69, 9.17) is 5.73 Å². The van der Waals surface area contributed by atoms with Crippen molar-refractivity contribution in [2.45, 2.75) is 0 Å². The Kier molecular flexibility index (Phi) is 3.64. The highest BCUT2D eigenvalue weighted by Crippen LogP contribution is 2.27. The summed E-state index contributed by atoms with van der Waals surface area (Å²) < 4.78 is 13.7. The van der Waals surface area contributed by atoms with Gasteiger partial charge in [-0.1, -0.05) is 12.1 Å². The predicted octanol–water partition coefficient (Wildman–Crippen LogP) is 1.72. The number of nitrogens with two attached hydrogens (primary N) is 1. The number of anilines is 2. The molecule has 1 aromatic carbocycles. The molecule has 1 aromatic rings. The zero-order chi connectivity index (χ0) is 12.3. The molecular weight excluding hydrogens is 217 g/mol. The van der Waals surface area contributed by atoms with E-state index in [1.165, 1.54) is 6.07 Å². The van der Waals surface area contributed by atoms with Gasteiger partial charge in [0, 0.05) is 32.7 Å². The van der Waals surface area contributed by atoms with Crippen molar-refractivity contribution in [2.75, 3.05) is 43.4 Å². The summed E-state index contributed by atoms with van der Waals surface area (Å²) in [7, 11) is 0. The van der Waals surface area contributed by atoms with Gasteiger partial charge in [0.05, 0.1) is 11.4 Å². The first kappa shape index (κ1) is 11.9. The lowest BCUT2D eigenvalue weighted by Gasteiger charge is -2.36. The van der Waals surface area contributed by atoms with Crippen LogP contribution in [0.3, 0.4) is 0 Å². The molecule has 1 aliphatic rings. The minimum absolute atomic E-state index is 0.234. The Morgan fingerprint density at radius 3 is 2.59 bits per heavy atom. The highest BCUT2D eigenvalue weighted by molar-refractivity contribution is 5.68. The lowest BCUT2D eigenvalue weighted by atomic mass is 10.2. The van der Waals surface area contributed by atoms with Crippen LogP contribution in [0.4, 0.5) is 15.8 Å². The summed E-state index contributed by atoms with van der Waals surface area (Å²) >= 11 is 0. The van der Waals surface area contributed by atoms with Crippen molar-refractivity contribution >= 4 is 11.4 Å². The van der Waals surface area contributed by atoms with Crippen LogP contribution < -0.4 is 10.6 Å². The number of halogens is 1. The average molecular weight is 235 g/mol. The molecule has 2 rings (SSSR count). The van der Waals surface area contributed by atoms with Gasteiger partial charge in [0.2, 0.25) is 0 Å². The number of rotatable bonds is 3. The molecular formula is C13H18FN3. The van der Waals surface area contributed by atoms with Gasteiger partial charge < -0.3 is 10.6 Å². The molecule has 0 spiro atoms. The third-order valence-electron chi connectivity index (χ3n) is 3.09. The number of nitrogen functional groups attached to an aromatic ring is 1. The second-order valence-electron chi connectivity index (χ2n) is 4.25. The largest absolute Gasteiger partial charge is 0.397 e. The van der Waals surface area contributed by atoms with Gasteiger partial charge >= 0.3 is 0 Å². The van der Waals surface area contributed by atoms with E-state index in [0.29, 0.717) is 11.4 Å². The van der Waals surface area contributed by atoms with Crippen LogP contribution in [0, 0.1) is 5.82 Å². The zero-order valence-corrected chi connectivity index (χ0v) is 9.90. The molecule has 0 aromatic heterocycles. The Morgan fingerprint density at radius 2 is 2.00 bits per heavy atom. The molecule has 1 heterocycles. The quantitative estimate of drug-likeness (QED) is 0.639. The Balaban J connectivity index is 2.08. The minimum Gasteiger partial charge on any atom is -0.397 e.